The lowest BCUT2D eigenvalue weighted by molar-refractivity contribution is -0.142. The maximum Gasteiger partial charge on any atom is 0.336 e. The van der Waals surface area contributed by atoms with Gasteiger partial charge >= 0.3 is 35.8 Å². The van der Waals surface area contributed by atoms with Gasteiger partial charge in [-0.15, -0.1) is 0 Å². The van der Waals surface area contributed by atoms with Crippen LogP contribution in [0.15, 0.2) is 36.4 Å². The quantitative estimate of drug-likeness (QED) is 0.181. The van der Waals surface area contributed by atoms with Gasteiger partial charge in [0.1, 0.15) is 12.7 Å². The lowest BCUT2D eigenvalue weighted by Gasteiger charge is -2.07. The average Bonchev–Trinajstić information content (AvgIpc) is 2.76. The number of aliphatic carboxylic acids is 1. The van der Waals surface area contributed by atoms with Gasteiger partial charge in [0.05, 0.1) is 28.9 Å². The monoisotopic (exact) mass is 500 g/mol. The number of aliphatic hydroxyl groups excluding tert-OH is 2. The molecule has 0 amide bonds. The number of ether oxygens (including phenoxy) is 1. The summed E-state index contributed by atoms with van der Waals surface area (Å²) in [5, 5.41) is 59.9. The number of hydrogen-bond donors (Lipinski definition) is 7. The summed E-state index contributed by atoms with van der Waals surface area (Å²) in [7, 11) is 0. The number of carbonyl (C=O) groups excluding carboxylic acids is 1. The smallest absolute Gasteiger partial charge is 0.336 e. The fraction of sp³-hybridized carbons (Fsp3) is 0.238. The van der Waals surface area contributed by atoms with E-state index < -0.39 is 70.8 Å². The number of benzene rings is 1. The molecule has 0 spiro atoms. The van der Waals surface area contributed by atoms with Crippen LogP contribution in [0.2, 0.25) is 0 Å². The third-order valence-electron chi connectivity index (χ3n) is 3.41. The molecule has 0 aromatic heterocycles. The molecule has 0 aliphatic carbocycles. The topological polar surface area (TPSA) is 253 Å². The Bertz CT molecular complexity index is 911. The van der Waals surface area contributed by atoms with Gasteiger partial charge in [-0.2, -0.15) is 0 Å². The van der Waals surface area contributed by atoms with Crippen LogP contribution < -0.4 is 0 Å². The summed E-state index contributed by atoms with van der Waals surface area (Å²) in [4.78, 5) is 63.4. The van der Waals surface area contributed by atoms with Crippen molar-refractivity contribution in [2.75, 3.05) is 13.2 Å². The van der Waals surface area contributed by atoms with E-state index in [1.54, 1.807) is 0 Å². The van der Waals surface area contributed by atoms with E-state index in [1.165, 1.54) is 13.8 Å². The highest BCUT2D eigenvalue weighted by Crippen LogP contribution is 2.18. The van der Waals surface area contributed by atoms with E-state index in [0.29, 0.717) is 12.1 Å². The van der Waals surface area contributed by atoms with Crippen molar-refractivity contribution in [3.05, 3.63) is 58.7 Å². The lowest BCUT2D eigenvalue weighted by atomic mass is 9.98. The predicted octanol–water partition coefficient (Wildman–Crippen LogP) is 0.585. The minimum atomic E-state index is -1.66. The molecule has 1 aromatic carbocycles. The molecule has 0 radical (unpaired) electrons. The number of aliphatic hydroxyl groups is 2. The van der Waals surface area contributed by atoms with Gasteiger partial charge in [-0.3, -0.25) is 0 Å². The van der Waals surface area contributed by atoms with Gasteiger partial charge < -0.3 is 40.5 Å². The molecule has 14 nitrogen and oxygen atoms in total. The van der Waals surface area contributed by atoms with E-state index in [1.807, 2.05) is 0 Å². The molecule has 0 bridgehead atoms. The number of hydrogen-bond acceptors (Lipinski definition) is 9. The molecule has 0 aliphatic rings. The standard InChI is InChI=1S/C10H6O8.C7H12O4.C4H6O2/c11-7(12)3-1-4(8(13)14)6(10(17)18)2-5(3)9(15)16;1-5(2)7(10)11-4-6(9)3-8;1-3(2)4(5)6/h1-2H,(H,11,12)(H,13,14)(H,15,16)(H,17,18);6,8-9H,1,3-4H2,2H3;1H2,2H3,(H,5,6). The normalized spacial score (nSPS) is 10.2. The van der Waals surface area contributed by atoms with E-state index in [-0.39, 0.29) is 17.8 Å². The lowest BCUT2D eigenvalue weighted by Crippen LogP contribution is -2.22. The Morgan fingerprint density at radius 2 is 1.03 bits per heavy atom. The van der Waals surface area contributed by atoms with Crippen molar-refractivity contribution < 1.29 is 69.2 Å². The van der Waals surface area contributed by atoms with Crippen molar-refractivity contribution in [1.82, 2.24) is 0 Å². The van der Waals surface area contributed by atoms with Crippen LogP contribution >= 0.6 is 0 Å². The third-order valence-corrected chi connectivity index (χ3v) is 3.41. The molecule has 0 fully saturated rings. The van der Waals surface area contributed by atoms with Crippen LogP contribution in [0.4, 0.5) is 0 Å². The first kappa shape index (κ1) is 32.6. The van der Waals surface area contributed by atoms with Crippen molar-refractivity contribution in [3.63, 3.8) is 0 Å². The number of carbonyl (C=O) groups is 6. The van der Waals surface area contributed by atoms with Gasteiger partial charge in [0.2, 0.25) is 0 Å². The minimum absolute atomic E-state index is 0.176. The Morgan fingerprint density at radius 1 is 0.743 bits per heavy atom. The molecule has 0 heterocycles. The Balaban J connectivity index is 0. The summed E-state index contributed by atoms with van der Waals surface area (Å²) in [6, 6.07) is 1.02. The fourth-order valence-electron chi connectivity index (χ4n) is 1.66. The first-order chi connectivity index (χ1) is 16.0. The summed E-state index contributed by atoms with van der Waals surface area (Å²) in [6.45, 7) is 8.84. The molecule has 0 saturated carbocycles. The second kappa shape index (κ2) is 15.3. The highest BCUT2D eigenvalue weighted by atomic mass is 16.5. The zero-order chi connectivity index (χ0) is 28.0. The number of carboxylic acids is 5. The average molecular weight is 500 g/mol. The molecule has 14 heteroatoms. The molecule has 1 atom stereocenters. The van der Waals surface area contributed by atoms with Gasteiger partial charge in [-0.05, 0) is 26.0 Å². The number of carboxylic acid groups (broad SMARTS) is 5. The van der Waals surface area contributed by atoms with E-state index in [2.05, 4.69) is 17.9 Å². The highest BCUT2D eigenvalue weighted by Gasteiger charge is 2.25. The predicted molar refractivity (Wildman–Crippen MR) is 116 cm³/mol. The Kier molecular flexibility index (Phi) is 14.3. The second-order valence-electron chi connectivity index (χ2n) is 6.46. The Morgan fingerprint density at radius 3 is 1.20 bits per heavy atom. The highest BCUT2D eigenvalue weighted by molar-refractivity contribution is 6.09. The number of rotatable bonds is 9. The van der Waals surface area contributed by atoms with E-state index in [0.717, 1.165) is 0 Å². The van der Waals surface area contributed by atoms with Crippen LogP contribution in [-0.4, -0.2) is 90.9 Å². The zero-order valence-electron chi connectivity index (χ0n) is 18.5. The van der Waals surface area contributed by atoms with Gasteiger partial charge in [0, 0.05) is 11.1 Å². The van der Waals surface area contributed by atoms with Crippen LogP contribution in [0, 0.1) is 0 Å². The first-order valence-corrected chi connectivity index (χ1v) is 9.09. The van der Waals surface area contributed by atoms with Crippen molar-refractivity contribution in [1.29, 1.82) is 0 Å². The molecule has 35 heavy (non-hydrogen) atoms. The maximum absolute atomic E-state index is 10.8. The van der Waals surface area contributed by atoms with E-state index in [4.69, 9.17) is 35.7 Å². The SMILES string of the molecule is C=C(C)C(=O)O.C=C(C)C(=O)OCC(O)CO.O=C(O)c1cc(C(=O)O)c(C(=O)O)cc1C(=O)O. The molecular formula is C21H24O14. The molecule has 1 aromatic rings. The van der Waals surface area contributed by atoms with Crippen molar-refractivity contribution in [2.24, 2.45) is 0 Å². The van der Waals surface area contributed by atoms with Crippen molar-refractivity contribution in [2.45, 2.75) is 20.0 Å². The summed E-state index contributed by atoms with van der Waals surface area (Å²) < 4.78 is 4.51. The number of esters is 1. The van der Waals surface area contributed by atoms with Crippen molar-refractivity contribution >= 4 is 35.8 Å². The van der Waals surface area contributed by atoms with Crippen LogP contribution in [-0.2, 0) is 14.3 Å². The molecular weight excluding hydrogens is 476 g/mol. The second-order valence-corrected chi connectivity index (χ2v) is 6.46. The summed E-state index contributed by atoms with van der Waals surface area (Å²) >= 11 is 0. The molecule has 7 N–H and O–H groups in total. The van der Waals surface area contributed by atoms with Gasteiger partial charge in [0.15, 0.2) is 0 Å². The number of aromatic carboxylic acids is 4. The largest absolute Gasteiger partial charge is 0.478 e. The summed E-state index contributed by atoms with van der Waals surface area (Å²) in [5.41, 5.74) is -2.70. The van der Waals surface area contributed by atoms with Crippen LogP contribution in [0.5, 0.6) is 0 Å². The van der Waals surface area contributed by atoms with E-state index >= 15 is 0 Å². The van der Waals surface area contributed by atoms with Crippen LogP contribution in [0.1, 0.15) is 55.3 Å². The Labute approximate surface area is 197 Å². The molecule has 192 valence electrons. The van der Waals surface area contributed by atoms with E-state index in [9.17, 15) is 28.8 Å². The van der Waals surface area contributed by atoms with Gasteiger partial charge in [-0.1, -0.05) is 13.2 Å². The molecule has 0 aliphatic heterocycles. The summed E-state index contributed by atoms with van der Waals surface area (Å²) in [5.74, 6) is -8.13. The molecule has 1 rings (SSSR count). The molecule has 0 saturated heterocycles. The summed E-state index contributed by atoms with van der Waals surface area (Å²) in [6.07, 6.45) is -1.00. The first-order valence-electron chi connectivity index (χ1n) is 9.09. The fourth-order valence-corrected chi connectivity index (χ4v) is 1.66. The van der Waals surface area contributed by atoms with Gasteiger partial charge in [0.25, 0.3) is 0 Å². The van der Waals surface area contributed by atoms with Crippen LogP contribution in [0.3, 0.4) is 0 Å². The van der Waals surface area contributed by atoms with Gasteiger partial charge in [-0.25, -0.2) is 28.8 Å². The van der Waals surface area contributed by atoms with Crippen molar-refractivity contribution in [3.8, 4) is 0 Å². The third kappa shape index (κ3) is 12.3. The Hall–Kier alpha value is -4.56. The minimum Gasteiger partial charge on any atom is -0.478 e. The molecule has 1 unspecified atom stereocenters. The maximum atomic E-state index is 10.8. The van der Waals surface area contributed by atoms with Crippen LogP contribution in [0.25, 0.3) is 0 Å². The zero-order valence-corrected chi connectivity index (χ0v) is 18.5.